The Bertz CT molecular complexity index is 734. The van der Waals surface area contributed by atoms with Crippen molar-refractivity contribution in [3.8, 4) is 6.07 Å². The van der Waals surface area contributed by atoms with Gasteiger partial charge in [0.25, 0.3) is 0 Å². The van der Waals surface area contributed by atoms with Gasteiger partial charge in [-0.1, -0.05) is 41.7 Å². The Morgan fingerprint density at radius 3 is 2.83 bits per heavy atom. The van der Waals surface area contributed by atoms with E-state index in [1.165, 1.54) is 16.9 Å². The summed E-state index contributed by atoms with van der Waals surface area (Å²) in [6.45, 7) is 2.63. The number of benzene rings is 1. The Morgan fingerprint density at radius 2 is 2.11 bits per heavy atom. The molecular weight excluding hydrogens is 244 g/mol. The van der Waals surface area contributed by atoms with E-state index >= 15 is 0 Å². The Kier molecular flexibility index (Phi) is 2.58. The zero-order valence-corrected chi connectivity index (χ0v) is 10.6. The molecule has 0 amide bonds. The summed E-state index contributed by atoms with van der Waals surface area (Å²) in [6, 6.07) is 12.2. The molecular formula is C13H10N4S. The number of hydrogen-bond donors (Lipinski definition) is 0. The van der Waals surface area contributed by atoms with Crippen molar-refractivity contribution >= 4 is 21.7 Å². The highest BCUT2D eigenvalue weighted by Crippen LogP contribution is 2.25. The molecule has 3 aromatic rings. The van der Waals surface area contributed by atoms with Gasteiger partial charge < -0.3 is 0 Å². The van der Waals surface area contributed by atoms with E-state index in [0.717, 1.165) is 16.0 Å². The summed E-state index contributed by atoms with van der Waals surface area (Å²) < 4.78 is 2.86. The average molecular weight is 254 g/mol. The van der Waals surface area contributed by atoms with E-state index in [9.17, 15) is 0 Å². The third-order valence-corrected chi connectivity index (χ3v) is 3.78. The largest absolute Gasteiger partial charge is 0.242 e. The van der Waals surface area contributed by atoms with E-state index in [0.29, 0.717) is 11.6 Å². The van der Waals surface area contributed by atoms with Crippen LogP contribution in [0.5, 0.6) is 0 Å². The van der Waals surface area contributed by atoms with Crippen LogP contribution < -0.4 is 0 Å². The molecule has 0 fully saturated rings. The molecule has 0 bridgehead atoms. The number of aryl methyl sites for hydroxylation is 1. The molecule has 0 N–H and O–H groups in total. The summed E-state index contributed by atoms with van der Waals surface area (Å²) in [5.74, 6) is 0. The van der Waals surface area contributed by atoms with Gasteiger partial charge in [-0.05, 0) is 12.5 Å². The first-order valence-electron chi connectivity index (χ1n) is 5.56. The summed E-state index contributed by atoms with van der Waals surface area (Å²) in [5, 5.41) is 13.9. The molecule has 3 rings (SSSR count). The maximum absolute atomic E-state index is 8.90. The number of rotatable bonds is 2. The molecule has 0 aliphatic carbocycles. The van der Waals surface area contributed by atoms with Crippen molar-refractivity contribution in [3.05, 3.63) is 46.6 Å². The normalized spacial score (nSPS) is 10.7. The van der Waals surface area contributed by atoms with E-state index in [4.69, 9.17) is 5.26 Å². The molecule has 0 atom stereocenters. The predicted octanol–water partition coefficient (Wildman–Crippen LogP) is 2.72. The first kappa shape index (κ1) is 10.9. The quantitative estimate of drug-likeness (QED) is 0.706. The maximum atomic E-state index is 8.90. The van der Waals surface area contributed by atoms with Gasteiger partial charge >= 0.3 is 0 Å². The summed E-state index contributed by atoms with van der Waals surface area (Å²) >= 11 is 1.40. The van der Waals surface area contributed by atoms with Gasteiger partial charge in [0.05, 0.1) is 16.9 Å². The zero-order valence-electron chi connectivity index (χ0n) is 9.79. The minimum Gasteiger partial charge on any atom is -0.242 e. The number of nitrogens with zero attached hydrogens (tertiary/aromatic N) is 4. The van der Waals surface area contributed by atoms with E-state index in [2.05, 4.69) is 28.3 Å². The van der Waals surface area contributed by atoms with Gasteiger partial charge in [-0.2, -0.15) is 10.4 Å². The smallest absolute Gasteiger partial charge is 0.197 e. The van der Waals surface area contributed by atoms with Crippen LogP contribution in [-0.4, -0.2) is 14.8 Å². The average Bonchev–Trinajstić information content (AvgIpc) is 2.93. The second-order valence-electron chi connectivity index (χ2n) is 4.01. The number of aromatic nitrogens is 3. The topological polar surface area (TPSA) is 54.5 Å². The van der Waals surface area contributed by atoms with Gasteiger partial charge in [-0.25, -0.2) is 9.67 Å². The van der Waals surface area contributed by atoms with E-state index in [1.54, 1.807) is 0 Å². The maximum Gasteiger partial charge on any atom is 0.197 e. The first-order valence-corrected chi connectivity index (χ1v) is 6.37. The number of hydrogen-bond acceptors (Lipinski definition) is 4. The molecule has 0 spiro atoms. The van der Waals surface area contributed by atoms with Crippen molar-refractivity contribution in [2.24, 2.45) is 0 Å². The predicted molar refractivity (Wildman–Crippen MR) is 70.4 cm³/mol. The molecule has 0 aliphatic heterocycles. The SMILES string of the molecule is Cc1nn(Cc2ccccc2)c2nc(C#N)sc12. The van der Waals surface area contributed by atoms with E-state index in [1.807, 2.05) is 29.8 Å². The lowest BCUT2D eigenvalue weighted by Gasteiger charge is -2.01. The van der Waals surface area contributed by atoms with Gasteiger partial charge in [-0.3, -0.25) is 0 Å². The van der Waals surface area contributed by atoms with Crippen LogP contribution in [0.1, 0.15) is 16.3 Å². The third kappa shape index (κ3) is 1.77. The molecule has 18 heavy (non-hydrogen) atoms. The van der Waals surface area contributed by atoms with Crippen LogP contribution in [0.2, 0.25) is 0 Å². The number of thiazole rings is 1. The fourth-order valence-electron chi connectivity index (χ4n) is 1.91. The van der Waals surface area contributed by atoms with Crippen molar-refractivity contribution in [1.82, 2.24) is 14.8 Å². The van der Waals surface area contributed by atoms with Gasteiger partial charge in [-0.15, -0.1) is 0 Å². The molecule has 0 radical (unpaired) electrons. The molecule has 0 saturated heterocycles. The molecule has 88 valence electrons. The molecule has 0 aliphatic rings. The Morgan fingerprint density at radius 1 is 1.33 bits per heavy atom. The van der Waals surface area contributed by atoms with Crippen LogP contribution in [-0.2, 0) is 6.54 Å². The van der Waals surface area contributed by atoms with Crippen LogP contribution in [0.3, 0.4) is 0 Å². The first-order chi connectivity index (χ1) is 8.78. The fourth-order valence-corrected chi connectivity index (χ4v) is 2.71. The van der Waals surface area contributed by atoms with Crippen molar-refractivity contribution in [2.45, 2.75) is 13.5 Å². The molecule has 4 nitrogen and oxygen atoms in total. The van der Waals surface area contributed by atoms with Crippen molar-refractivity contribution < 1.29 is 0 Å². The molecule has 5 heteroatoms. The molecule has 0 unspecified atom stereocenters. The van der Waals surface area contributed by atoms with E-state index < -0.39 is 0 Å². The highest BCUT2D eigenvalue weighted by Gasteiger charge is 2.13. The number of fused-ring (bicyclic) bond motifs is 1. The Labute approximate surface area is 108 Å². The Hall–Kier alpha value is -2.19. The highest BCUT2D eigenvalue weighted by molar-refractivity contribution is 7.19. The summed E-state index contributed by atoms with van der Waals surface area (Å²) in [5.41, 5.74) is 2.91. The highest BCUT2D eigenvalue weighted by atomic mass is 32.1. The van der Waals surface area contributed by atoms with Crippen LogP contribution in [0.25, 0.3) is 10.3 Å². The van der Waals surface area contributed by atoms with Crippen LogP contribution in [0.4, 0.5) is 0 Å². The van der Waals surface area contributed by atoms with Gasteiger partial charge in [0.2, 0.25) is 0 Å². The lowest BCUT2D eigenvalue weighted by Crippen LogP contribution is -2.02. The summed E-state index contributed by atoms with van der Waals surface area (Å²) in [6.07, 6.45) is 0. The summed E-state index contributed by atoms with van der Waals surface area (Å²) in [4.78, 5) is 4.31. The van der Waals surface area contributed by atoms with E-state index in [-0.39, 0.29) is 0 Å². The standard InChI is InChI=1S/C13H10N4S/c1-9-12-13(15-11(7-14)18-12)17(16-9)8-10-5-3-2-4-6-10/h2-6H,8H2,1H3. The van der Waals surface area contributed by atoms with Crippen LogP contribution in [0, 0.1) is 18.3 Å². The lowest BCUT2D eigenvalue weighted by atomic mass is 10.2. The minimum atomic E-state index is 0.493. The Balaban J connectivity index is 2.07. The second kappa shape index (κ2) is 4.24. The van der Waals surface area contributed by atoms with Crippen molar-refractivity contribution in [1.29, 1.82) is 5.26 Å². The molecule has 1 aromatic carbocycles. The van der Waals surface area contributed by atoms with Gasteiger partial charge in [0.1, 0.15) is 6.07 Å². The fraction of sp³-hybridized carbons (Fsp3) is 0.154. The van der Waals surface area contributed by atoms with Crippen molar-refractivity contribution in [2.75, 3.05) is 0 Å². The van der Waals surface area contributed by atoms with Crippen LogP contribution >= 0.6 is 11.3 Å². The van der Waals surface area contributed by atoms with Gasteiger partial charge in [0, 0.05) is 0 Å². The third-order valence-electron chi connectivity index (χ3n) is 2.72. The number of nitriles is 1. The van der Waals surface area contributed by atoms with Crippen molar-refractivity contribution in [3.63, 3.8) is 0 Å². The second-order valence-corrected chi connectivity index (χ2v) is 5.01. The van der Waals surface area contributed by atoms with Crippen LogP contribution in [0.15, 0.2) is 30.3 Å². The molecule has 0 saturated carbocycles. The zero-order chi connectivity index (χ0) is 12.5. The lowest BCUT2D eigenvalue weighted by molar-refractivity contribution is 0.696. The minimum absolute atomic E-state index is 0.493. The monoisotopic (exact) mass is 254 g/mol. The summed E-state index contributed by atoms with van der Waals surface area (Å²) in [7, 11) is 0. The van der Waals surface area contributed by atoms with Gasteiger partial charge in [0.15, 0.2) is 10.7 Å². The molecule has 2 aromatic heterocycles. The molecule has 2 heterocycles.